The van der Waals surface area contributed by atoms with Crippen molar-refractivity contribution in [3.8, 4) is 17.6 Å². The number of methoxy groups -OCH3 is 1. The first-order chi connectivity index (χ1) is 16.1. The van der Waals surface area contributed by atoms with Crippen LogP contribution in [0.1, 0.15) is 22.3 Å². The van der Waals surface area contributed by atoms with E-state index in [1.54, 1.807) is 25.3 Å². The highest BCUT2D eigenvalue weighted by Gasteiger charge is 2.24. The lowest BCUT2D eigenvalue weighted by Gasteiger charge is -2.12. The number of benzene rings is 3. The standard InChI is InChI=1S/C26H21N3O3S/c1-17-7-10-21(11-8-17)28-26-29-25(30)24(33-26)14-18-9-12-22(23(13-18)31-2)32-16-20-6-4-3-5-19(20)15-27/h3-14H,16H2,1-2H3,(H,28,29,30). The predicted molar refractivity (Wildman–Crippen MR) is 130 cm³/mol. The van der Waals surface area contributed by atoms with E-state index in [-0.39, 0.29) is 12.5 Å². The third kappa shape index (κ3) is 5.43. The maximum Gasteiger partial charge on any atom is 0.264 e. The number of nitrogens with one attached hydrogen (secondary N) is 1. The molecule has 6 nitrogen and oxygen atoms in total. The Morgan fingerprint density at radius 1 is 1.09 bits per heavy atom. The average molecular weight is 456 g/mol. The van der Waals surface area contributed by atoms with Crippen molar-refractivity contribution in [2.24, 2.45) is 4.99 Å². The summed E-state index contributed by atoms with van der Waals surface area (Å²) in [6, 6.07) is 22.7. The number of thioether (sulfide) groups is 1. The van der Waals surface area contributed by atoms with Crippen LogP contribution in [-0.4, -0.2) is 18.2 Å². The van der Waals surface area contributed by atoms with E-state index in [4.69, 9.17) is 9.47 Å². The molecule has 33 heavy (non-hydrogen) atoms. The van der Waals surface area contributed by atoms with Gasteiger partial charge in [0.25, 0.3) is 5.91 Å². The van der Waals surface area contributed by atoms with Gasteiger partial charge in [0.2, 0.25) is 0 Å². The van der Waals surface area contributed by atoms with Crippen molar-refractivity contribution in [1.29, 1.82) is 5.26 Å². The van der Waals surface area contributed by atoms with E-state index in [9.17, 15) is 10.1 Å². The minimum Gasteiger partial charge on any atom is -0.493 e. The second-order valence-electron chi connectivity index (χ2n) is 7.29. The predicted octanol–water partition coefficient (Wildman–Crippen LogP) is 5.35. The zero-order chi connectivity index (χ0) is 23.2. The molecule has 1 amide bonds. The number of nitrogens with zero attached hydrogens (tertiary/aromatic N) is 2. The highest BCUT2D eigenvalue weighted by molar-refractivity contribution is 8.18. The fraction of sp³-hybridized carbons (Fsp3) is 0.115. The molecule has 0 atom stereocenters. The summed E-state index contributed by atoms with van der Waals surface area (Å²) in [6.07, 6.45) is 1.79. The number of hydrogen-bond acceptors (Lipinski definition) is 6. The molecular formula is C26H21N3O3S. The van der Waals surface area contributed by atoms with Crippen LogP contribution in [0.3, 0.4) is 0 Å². The summed E-state index contributed by atoms with van der Waals surface area (Å²) >= 11 is 1.29. The lowest BCUT2D eigenvalue weighted by atomic mass is 10.1. The van der Waals surface area contributed by atoms with E-state index >= 15 is 0 Å². The molecule has 3 aromatic carbocycles. The van der Waals surface area contributed by atoms with Gasteiger partial charge in [-0.2, -0.15) is 5.26 Å². The smallest absolute Gasteiger partial charge is 0.264 e. The normalized spacial score (nSPS) is 15.4. The Kier molecular flexibility index (Phi) is 6.77. The van der Waals surface area contributed by atoms with E-state index in [1.807, 2.05) is 61.5 Å². The molecule has 7 heteroatoms. The Hall–Kier alpha value is -4.02. The van der Waals surface area contributed by atoms with Crippen molar-refractivity contribution in [3.05, 3.63) is 93.9 Å². The van der Waals surface area contributed by atoms with Gasteiger partial charge in [-0.15, -0.1) is 0 Å². The Morgan fingerprint density at radius 2 is 1.88 bits per heavy atom. The van der Waals surface area contributed by atoms with E-state index in [2.05, 4.69) is 16.4 Å². The number of carbonyl (C=O) groups is 1. The van der Waals surface area contributed by atoms with Gasteiger partial charge < -0.3 is 14.8 Å². The Labute approximate surface area is 196 Å². The number of ether oxygens (including phenoxy) is 2. The van der Waals surface area contributed by atoms with Gasteiger partial charge in [-0.05, 0) is 60.7 Å². The van der Waals surface area contributed by atoms with Gasteiger partial charge in [0.05, 0.1) is 29.3 Å². The molecule has 0 saturated carbocycles. The Bertz CT molecular complexity index is 1290. The van der Waals surface area contributed by atoms with Crippen LogP contribution in [-0.2, 0) is 11.4 Å². The van der Waals surface area contributed by atoms with E-state index < -0.39 is 0 Å². The molecule has 1 heterocycles. The first-order valence-electron chi connectivity index (χ1n) is 10.2. The third-order valence-electron chi connectivity index (χ3n) is 4.92. The number of carbonyl (C=O) groups excluding carboxylic acids is 1. The molecule has 0 aliphatic carbocycles. The SMILES string of the molecule is COc1cc(C=C2SC(=Nc3ccc(C)cc3)NC2=O)ccc1OCc1ccccc1C#N. The van der Waals surface area contributed by atoms with Gasteiger partial charge in [-0.1, -0.05) is 42.0 Å². The molecule has 0 radical (unpaired) electrons. The quantitative estimate of drug-likeness (QED) is 0.507. The summed E-state index contributed by atoms with van der Waals surface area (Å²) in [7, 11) is 1.56. The second kappa shape index (κ2) is 10.1. The molecule has 4 rings (SSSR count). The lowest BCUT2D eigenvalue weighted by molar-refractivity contribution is -0.115. The summed E-state index contributed by atoms with van der Waals surface area (Å²) in [5.74, 6) is 0.895. The molecule has 1 aliphatic rings. The van der Waals surface area contributed by atoms with Crippen molar-refractivity contribution < 1.29 is 14.3 Å². The van der Waals surface area contributed by atoms with E-state index in [1.165, 1.54) is 11.8 Å². The Balaban J connectivity index is 1.49. The third-order valence-corrected chi connectivity index (χ3v) is 5.83. The molecule has 1 saturated heterocycles. The number of nitriles is 1. The van der Waals surface area contributed by atoms with Crippen molar-refractivity contribution in [2.45, 2.75) is 13.5 Å². The average Bonchev–Trinajstić information content (AvgIpc) is 3.18. The summed E-state index contributed by atoms with van der Waals surface area (Å²) in [5, 5.41) is 12.6. The molecule has 0 bridgehead atoms. The minimum absolute atomic E-state index is 0.196. The van der Waals surface area contributed by atoms with Crippen LogP contribution in [0.25, 0.3) is 6.08 Å². The zero-order valence-electron chi connectivity index (χ0n) is 18.2. The van der Waals surface area contributed by atoms with Gasteiger partial charge in [0.1, 0.15) is 6.61 Å². The van der Waals surface area contributed by atoms with Crippen LogP contribution >= 0.6 is 11.8 Å². The number of aryl methyl sites for hydroxylation is 1. The molecule has 1 N–H and O–H groups in total. The Morgan fingerprint density at radius 3 is 2.64 bits per heavy atom. The van der Waals surface area contributed by atoms with Crippen LogP contribution in [0.4, 0.5) is 5.69 Å². The van der Waals surface area contributed by atoms with Gasteiger partial charge in [-0.3, -0.25) is 4.79 Å². The van der Waals surface area contributed by atoms with Crippen LogP contribution in [0.5, 0.6) is 11.5 Å². The molecule has 1 fully saturated rings. The van der Waals surface area contributed by atoms with Crippen molar-refractivity contribution in [2.75, 3.05) is 7.11 Å². The number of aliphatic imine (C=N–C) groups is 1. The van der Waals surface area contributed by atoms with E-state index in [0.29, 0.717) is 27.1 Å². The molecule has 0 unspecified atom stereocenters. The van der Waals surface area contributed by atoms with Crippen molar-refractivity contribution >= 4 is 34.6 Å². The minimum atomic E-state index is -0.196. The first kappa shape index (κ1) is 22.2. The summed E-state index contributed by atoms with van der Waals surface area (Å²) in [5.41, 5.74) is 4.10. The molecule has 3 aromatic rings. The molecule has 0 spiro atoms. The lowest BCUT2D eigenvalue weighted by Crippen LogP contribution is -2.19. The van der Waals surface area contributed by atoms with Crippen molar-refractivity contribution in [1.82, 2.24) is 5.32 Å². The second-order valence-corrected chi connectivity index (χ2v) is 8.32. The van der Waals surface area contributed by atoms with E-state index in [0.717, 1.165) is 22.4 Å². The summed E-state index contributed by atoms with van der Waals surface area (Å²) in [4.78, 5) is 17.4. The van der Waals surface area contributed by atoms with Crippen LogP contribution in [0, 0.1) is 18.3 Å². The summed E-state index contributed by atoms with van der Waals surface area (Å²) < 4.78 is 11.4. The fourth-order valence-corrected chi connectivity index (χ4v) is 4.01. The van der Waals surface area contributed by atoms with Gasteiger partial charge in [0.15, 0.2) is 16.7 Å². The molecule has 0 aromatic heterocycles. The molecular weight excluding hydrogens is 434 g/mol. The highest BCUT2D eigenvalue weighted by atomic mass is 32.2. The fourth-order valence-electron chi connectivity index (χ4n) is 3.17. The number of hydrogen-bond donors (Lipinski definition) is 1. The molecule has 164 valence electrons. The van der Waals surface area contributed by atoms with Crippen molar-refractivity contribution in [3.63, 3.8) is 0 Å². The van der Waals surface area contributed by atoms with Gasteiger partial charge >= 0.3 is 0 Å². The van der Waals surface area contributed by atoms with Crippen LogP contribution in [0.15, 0.2) is 76.6 Å². The van der Waals surface area contributed by atoms with Crippen LogP contribution in [0.2, 0.25) is 0 Å². The van der Waals surface area contributed by atoms with Crippen LogP contribution < -0.4 is 14.8 Å². The summed E-state index contributed by atoms with van der Waals surface area (Å²) in [6.45, 7) is 2.26. The number of rotatable bonds is 6. The number of amidine groups is 1. The maximum absolute atomic E-state index is 12.4. The number of amides is 1. The first-order valence-corrected chi connectivity index (χ1v) is 11.0. The highest BCUT2D eigenvalue weighted by Crippen LogP contribution is 2.33. The molecule has 1 aliphatic heterocycles. The monoisotopic (exact) mass is 455 g/mol. The topological polar surface area (TPSA) is 83.7 Å². The van der Waals surface area contributed by atoms with Gasteiger partial charge in [-0.25, -0.2) is 4.99 Å². The van der Waals surface area contributed by atoms with Gasteiger partial charge in [0, 0.05) is 5.56 Å². The zero-order valence-corrected chi connectivity index (χ0v) is 19.0. The maximum atomic E-state index is 12.4. The largest absolute Gasteiger partial charge is 0.493 e.